The molecule has 0 radical (unpaired) electrons. The summed E-state index contributed by atoms with van der Waals surface area (Å²) in [5, 5.41) is 7.09. The average Bonchev–Trinajstić information content (AvgIpc) is 2.74. The lowest BCUT2D eigenvalue weighted by Crippen LogP contribution is -2.49. The molecule has 6 nitrogen and oxygen atoms in total. The Morgan fingerprint density at radius 1 is 1.00 bits per heavy atom. The topological polar surface area (TPSA) is 46.1 Å². The standard InChI is InChI=1S/C23H40N6/c1-19(2)29-11-9-22(10-12-29)26-23(24-3)25-17-20-5-7-21(8-6-20)18-28-15-13-27(4)14-16-28/h5-8,19,22H,9-18H2,1-4H3,(H2,24,25,26). The summed E-state index contributed by atoms with van der Waals surface area (Å²) in [6.45, 7) is 13.4. The van der Waals surface area contributed by atoms with Crippen LogP contribution in [-0.2, 0) is 13.1 Å². The number of hydrogen-bond donors (Lipinski definition) is 2. The van der Waals surface area contributed by atoms with Crippen molar-refractivity contribution in [2.24, 2.45) is 4.99 Å². The molecule has 2 fully saturated rings. The van der Waals surface area contributed by atoms with E-state index >= 15 is 0 Å². The Bertz CT molecular complexity index is 625. The third-order valence-electron chi connectivity index (χ3n) is 6.31. The summed E-state index contributed by atoms with van der Waals surface area (Å²) in [5.74, 6) is 0.912. The predicted molar refractivity (Wildman–Crippen MR) is 122 cm³/mol. The van der Waals surface area contributed by atoms with Gasteiger partial charge in [-0.25, -0.2) is 0 Å². The van der Waals surface area contributed by atoms with Crippen LogP contribution in [0.15, 0.2) is 29.3 Å². The van der Waals surface area contributed by atoms with Gasteiger partial charge in [0, 0.05) is 71.5 Å². The van der Waals surface area contributed by atoms with E-state index in [4.69, 9.17) is 0 Å². The fourth-order valence-electron chi connectivity index (χ4n) is 4.16. The number of rotatable bonds is 6. The zero-order valence-electron chi connectivity index (χ0n) is 18.8. The van der Waals surface area contributed by atoms with Crippen LogP contribution in [0.25, 0.3) is 0 Å². The number of benzene rings is 1. The molecule has 162 valence electrons. The van der Waals surface area contributed by atoms with Crippen molar-refractivity contribution in [1.82, 2.24) is 25.3 Å². The quantitative estimate of drug-likeness (QED) is 0.565. The second-order valence-corrected chi connectivity index (χ2v) is 8.87. The van der Waals surface area contributed by atoms with E-state index in [-0.39, 0.29) is 0 Å². The first-order valence-corrected chi connectivity index (χ1v) is 11.2. The molecule has 0 spiro atoms. The number of nitrogens with zero attached hydrogens (tertiary/aromatic N) is 4. The maximum atomic E-state index is 4.42. The van der Waals surface area contributed by atoms with E-state index in [0.717, 1.165) is 32.1 Å². The Morgan fingerprint density at radius 3 is 2.21 bits per heavy atom. The largest absolute Gasteiger partial charge is 0.354 e. The SMILES string of the molecule is CN=C(NCc1ccc(CN2CCN(C)CC2)cc1)NC1CCN(C(C)C)CC1. The molecule has 0 bridgehead atoms. The van der Waals surface area contributed by atoms with Crippen LogP contribution in [0.1, 0.15) is 37.8 Å². The molecule has 2 heterocycles. The summed E-state index contributed by atoms with van der Waals surface area (Å²) in [7, 11) is 4.06. The molecule has 29 heavy (non-hydrogen) atoms. The molecule has 0 saturated carbocycles. The van der Waals surface area contributed by atoms with Gasteiger partial charge in [0.2, 0.25) is 0 Å². The second kappa shape index (κ2) is 11.0. The van der Waals surface area contributed by atoms with Crippen LogP contribution in [0.3, 0.4) is 0 Å². The van der Waals surface area contributed by atoms with Gasteiger partial charge < -0.3 is 20.4 Å². The van der Waals surface area contributed by atoms with Crippen molar-refractivity contribution in [1.29, 1.82) is 0 Å². The summed E-state index contributed by atoms with van der Waals surface area (Å²) < 4.78 is 0. The van der Waals surface area contributed by atoms with E-state index in [1.807, 2.05) is 7.05 Å². The summed E-state index contributed by atoms with van der Waals surface area (Å²) in [5.41, 5.74) is 2.70. The zero-order valence-corrected chi connectivity index (χ0v) is 18.8. The monoisotopic (exact) mass is 400 g/mol. The number of guanidine groups is 1. The fourth-order valence-corrected chi connectivity index (χ4v) is 4.16. The summed E-state index contributed by atoms with van der Waals surface area (Å²) >= 11 is 0. The van der Waals surface area contributed by atoms with Crippen molar-refractivity contribution < 1.29 is 0 Å². The van der Waals surface area contributed by atoms with Crippen molar-refractivity contribution in [3.63, 3.8) is 0 Å². The fraction of sp³-hybridized carbons (Fsp3) is 0.696. The van der Waals surface area contributed by atoms with Gasteiger partial charge in [0.05, 0.1) is 0 Å². The van der Waals surface area contributed by atoms with Crippen molar-refractivity contribution in [2.75, 3.05) is 53.4 Å². The Labute approximate surface area is 177 Å². The average molecular weight is 401 g/mol. The molecule has 6 heteroatoms. The lowest BCUT2D eigenvalue weighted by Gasteiger charge is -2.35. The summed E-state index contributed by atoms with van der Waals surface area (Å²) in [6.07, 6.45) is 2.36. The molecule has 3 rings (SSSR count). The third-order valence-corrected chi connectivity index (χ3v) is 6.31. The van der Waals surface area contributed by atoms with Gasteiger partial charge in [-0.1, -0.05) is 24.3 Å². The predicted octanol–water partition coefficient (Wildman–Crippen LogP) is 1.97. The van der Waals surface area contributed by atoms with E-state index < -0.39 is 0 Å². The van der Waals surface area contributed by atoms with Gasteiger partial charge in [-0.15, -0.1) is 0 Å². The van der Waals surface area contributed by atoms with E-state index in [0.29, 0.717) is 12.1 Å². The van der Waals surface area contributed by atoms with Crippen LogP contribution in [-0.4, -0.2) is 86.1 Å². The first-order chi connectivity index (χ1) is 14.0. The Kier molecular flexibility index (Phi) is 8.33. The first kappa shape index (κ1) is 22.1. The highest BCUT2D eigenvalue weighted by atomic mass is 15.2. The van der Waals surface area contributed by atoms with Gasteiger partial charge in [0.1, 0.15) is 0 Å². The van der Waals surface area contributed by atoms with Crippen molar-refractivity contribution in [3.05, 3.63) is 35.4 Å². The molecule has 0 aromatic heterocycles. The molecular formula is C23H40N6. The molecule has 0 aliphatic carbocycles. The van der Waals surface area contributed by atoms with E-state index in [2.05, 4.69) is 75.5 Å². The van der Waals surface area contributed by atoms with Crippen LogP contribution in [0, 0.1) is 0 Å². The Balaban J connectivity index is 1.40. The molecule has 2 N–H and O–H groups in total. The van der Waals surface area contributed by atoms with Crippen molar-refractivity contribution in [3.8, 4) is 0 Å². The van der Waals surface area contributed by atoms with Gasteiger partial charge in [0.15, 0.2) is 5.96 Å². The van der Waals surface area contributed by atoms with Crippen LogP contribution >= 0.6 is 0 Å². The number of likely N-dealkylation sites (tertiary alicyclic amines) is 1. The molecule has 1 aromatic carbocycles. The zero-order chi connectivity index (χ0) is 20.6. The summed E-state index contributed by atoms with van der Waals surface area (Å²) in [4.78, 5) is 11.9. The maximum absolute atomic E-state index is 4.42. The van der Waals surface area contributed by atoms with E-state index in [9.17, 15) is 0 Å². The minimum atomic E-state index is 0.516. The highest BCUT2D eigenvalue weighted by Crippen LogP contribution is 2.13. The smallest absolute Gasteiger partial charge is 0.191 e. The molecule has 1 aromatic rings. The molecule has 0 amide bonds. The van der Waals surface area contributed by atoms with Gasteiger partial charge in [-0.2, -0.15) is 0 Å². The maximum Gasteiger partial charge on any atom is 0.191 e. The van der Waals surface area contributed by atoms with Gasteiger partial charge in [-0.05, 0) is 44.9 Å². The minimum absolute atomic E-state index is 0.516. The molecule has 0 atom stereocenters. The highest BCUT2D eigenvalue weighted by Gasteiger charge is 2.21. The summed E-state index contributed by atoms with van der Waals surface area (Å²) in [6, 6.07) is 10.2. The van der Waals surface area contributed by atoms with E-state index in [1.165, 1.54) is 50.1 Å². The van der Waals surface area contributed by atoms with Gasteiger partial charge >= 0.3 is 0 Å². The molecule has 2 aliphatic rings. The van der Waals surface area contributed by atoms with Gasteiger partial charge in [-0.3, -0.25) is 9.89 Å². The number of piperazine rings is 1. The van der Waals surface area contributed by atoms with Gasteiger partial charge in [0.25, 0.3) is 0 Å². The van der Waals surface area contributed by atoms with Crippen molar-refractivity contribution >= 4 is 5.96 Å². The Hall–Kier alpha value is -1.63. The number of piperidine rings is 1. The molecule has 2 saturated heterocycles. The van der Waals surface area contributed by atoms with Crippen LogP contribution in [0.5, 0.6) is 0 Å². The Morgan fingerprint density at radius 2 is 1.62 bits per heavy atom. The lowest BCUT2D eigenvalue weighted by molar-refractivity contribution is 0.148. The lowest BCUT2D eigenvalue weighted by atomic mass is 10.0. The normalized spacial score (nSPS) is 20.9. The number of likely N-dealkylation sites (N-methyl/N-ethyl adjacent to an activating group) is 1. The van der Waals surface area contributed by atoms with Crippen LogP contribution in [0.4, 0.5) is 0 Å². The first-order valence-electron chi connectivity index (χ1n) is 11.2. The molecular weight excluding hydrogens is 360 g/mol. The van der Waals surface area contributed by atoms with Crippen molar-refractivity contribution in [2.45, 2.75) is 51.9 Å². The van der Waals surface area contributed by atoms with E-state index in [1.54, 1.807) is 0 Å². The third kappa shape index (κ3) is 6.98. The van der Waals surface area contributed by atoms with Crippen LogP contribution < -0.4 is 10.6 Å². The number of nitrogens with one attached hydrogen (secondary N) is 2. The second-order valence-electron chi connectivity index (χ2n) is 8.87. The highest BCUT2D eigenvalue weighted by molar-refractivity contribution is 5.79. The molecule has 0 unspecified atom stereocenters. The minimum Gasteiger partial charge on any atom is -0.354 e. The number of hydrogen-bond acceptors (Lipinski definition) is 4. The molecule has 2 aliphatic heterocycles. The van der Waals surface area contributed by atoms with Crippen LogP contribution in [0.2, 0.25) is 0 Å². The number of aliphatic imine (C=N–C) groups is 1.